The zero-order valence-corrected chi connectivity index (χ0v) is 28.0. The van der Waals surface area contributed by atoms with Gasteiger partial charge in [0.25, 0.3) is 5.91 Å². The molecule has 2 aliphatic heterocycles. The van der Waals surface area contributed by atoms with E-state index in [0.717, 1.165) is 69.0 Å². The molecule has 12 nitrogen and oxygen atoms in total. The quantitative estimate of drug-likeness (QED) is 0.237. The van der Waals surface area contributed by atoms with Gasteiger partial charge in [-0.05, 0) is 78.7 Å². The van der Waals surface area contributed by atoms with Gasteiger partial charge in [-0.25, -0.2) is 9.67 Å². The van der Waals surface area contributed by atoms with Crippen LogP contribution in [0.3, 0.4) is 0 Å². The Morgan fingerprint density at radius 2 is 1.79 bits per heavy atom. The second-order valence-corrected chi connectivity index (χ2v) is 12.5. The Morgan fingerprint density at radius 3 is 2.58 bits per heavy atom. The lowest BCUT2D eigenvalue weighted by Gasteiger charge is -2.33. The topological polar surface area (TPSA) is 118 Å². The van der Waals surface area contributed by atoms with Crippen LogP contribution in [0.2, 0.25) is 0 Å². The number of tetrazole rings is 1. The molecule has 2 fully saturated rings. The summed E-state index contributed by atoms with van der Waals surface area (Å²) < 4.78 is 9.30. The number of rotatable bonds is 10. The molecule has 3 aromatic carbocycles. The molecule has 2 saturated heterocycles. The Kier molecular flexibility index (Phi) is 10.2. The van der Waals surface area contributed by atoms with Gasteiger partial charge in [0.1, 0.15) is 12.1 Å². The first kappa shape index (κ1) is 33.4. The minimum Gasteiger partial charge on any atom is -0.496 e. The number of nitrogens with zero attached hydrogens (tertiary/aromatic N) is 9. The maximum absolute atomic E-state index is 14.1. The van der Waals surface area contributed by atoms with E-state index >= 15 is 0 Å². The zero-order valence-electron chi connectivity index (χ0n) is 27.2. The van der Waals surface area contributed by atoms with Crippen molar-refractivity contribution in [2.45, 2.75) is 31.2 Å². The molecule has 1 N–H and O–H groups in total. The predicted molar refractivity (Wildman–Crippen MR) is 186 cm³/mol. The molecule has 0 radical (unpaired) electrons. The Balaban J connectivity index is 0.00000401. The van der Waals surface area contributed by atoms with E-state index in [9.17, 15) is 9.90 Å². The summed E-state index contributed by atoms with van der Waals surface area (Å²) >= 11 is 0. The number of fused-ring (bicyclic) bond motifs is 1. The van der Waals surface area contributed by atoms with Crippen molar-refractivity contribution in [1.29, 1.82) is 0 Å². The fraction of sp³-hybridized carbons (Fsp3) is 0.400. The first-order valence-corrected chi connectivity index (χ1v) is 16.4. The average molecular weight is 672 g/mol. The van der Waals surface area contributed by atoms with Gasteiger partial charge in [-0.2, -0.15) is 0 Å². The van der Waals surface area contributed by atoms with E-state index in [4.69, 9.17) is 9.72 Å². The number of ether oxygens (including phenoxy) is 1. The standard InChI is InChI=1S/C35H41N9O3.ClH/c1-47-32-13-12-28(44-26-36-38-39-44)24-29(32)33(46)42-19-15-35(25-42,27-8-3-2-4-9-27)14-18-40-16-7-17-41(21-20-40)34-37-30-10-5-6-11-31(30)43(34)22-23-45;/h2-6,8-13,24,26,45H,7,14-23,25H2,1H3;1H. The van der Waals surface area contributed by atoms with Crippen LogP contribution in [-0.2, 0) is 12.0 Å². The summed E-state index contributed by atoms with van der Waals surface area (Å²) in [5.41, 5.74) is 4.35. The van der Waals surface area contributed by atoms with Crippen molar-refractivity contribution in [2.24, 2.45) is 0 Å². The SMILES string of the molecule is COc1ccc(-n2cnnn2)cc1C(=O)N1CCC(CCN2CCCN(c3nc4ccccc4n3CCO)CC2)(c2ccccc2)C1.Cl. The summed E-state index contributed by atoms with van der Waals surface area (Å²) in [5.74, 6) is 1.42. The molecule has 7 rings (SSSR count). The van der Waals surface area contributed by atoms with E-state index in [1.54, 1.807) is 23.9 Å². The first-order chi connectivity index (χ1) is 23.1. The third-order valence-electron chi connectivity index (χ3n) is 9.79. The van der Waals surface area contributed by atoms with Crippen molar-refractivity contribution in [3.8, 4) is 11.4 Å². The highest BCUT2D eigenvalue weighted by Gasteiger charge is 2.42. The van der Waals surface area contributed by atoms with Crippen molar-refractivity contribution < 1.29 is 14.6 Å². The zero-order chi connectivity index (χ0) is 32.2. The number of aliphatic hydroxyl groups excluding tert-OH is 1. The van der Waals surface area contributed by atoms with Crippen LogP contribution in [0.5, 0.6) is 5.75 Å². The third kappa shape index (κ3) is 6.60. The van der Waals surface area contributed by atoms with Crippen molar-refractivity contribution in [3.63, 3.8) is 0 Å². The van der Waals surface area contributed by atoms with E-state index in [1.165, 1.54) is 11.9 Å². The van der Waals surface area contributed by atoms with E-state index in [0.29, 0.717) is 36.6 Å². The van der Waals surface area contributed by atoms with Gasteiger partial charge in [0.05, 0.1) is 36.0 Å². The molecule has 0 saturated carbocycles. The number of carbonyl (C=O) groups is 1. The molecular formula is C35H42ClN9O3. The minimum absolute atomic E-state index is 0. The molecule has 2 aliphatic rings. The van der Waals surface area contributed by atoms with Crippen molar-refractivity contribution >= 4 is 35.3 Å². The van der Waals surface area contributed by atoms with E-state index in [2.05, 4.69) is 66.3 Å². The number of likely N-dealkylation sites (tertiary alicyclic amines) is 1. The average Bonchev–Trinajstić information content (AvgIpc) is 3.85. The number of hydrogen-bond acceptors (Lipinski definition) is 9. The number of amides is 1. The monoisotopic (exact) mass is 671 g/mol. The van der Waals surface area contributed by atoms with Crippen LogP contribution in [0.25, 0.3) is 16.7 Å². The number of halogens is 1. The summed E-state index contributed by atoms with van der Waals surface area (Å²) in [7, 11) is 1.59. The molecule has 1 amide bonds. The van der Waals surface area contributed by atoms with Crippen LogP contribution < -0.4 is 9.64 Å². The normalized spacial score (nSPS) is 18.5. The van der Waals surface area contributed by atoms with Crippen LogP contribution in [-0.4, -0.2) is 110 Å². The van der Waals surface area contributed by atoms with Gasteiger partial charge in [0.2, 0.25) is 5.95 Å². The first-order valence-electron chi connectivity index (χ1n) is 16.4. The van der Waals surface area contributed by atoms with Crippen LogP contribution in [0.1, 0.15) is 35.2 Å². The van der Waals surface area contributed by atoms with E-state index in [-0.39, 0.29) is 30.3 Å². The molecule has 13 heteroatoms. The predicted octanol–water partition coefficient (Wildman–Crippen LogP) is 3.82. The second kappa shape index (κ2) is 14.7. The lowest BCUT2D eigenvalue weighted by atomic mass is 9.76. The van der Waals surface area contributed by atoms with Crippen molar-refractivity contribution in [2.75, 3.05) is 64.4 Å². The van der Waals surface area contributed by atoms with Gasteiger partial charge in [-0.15, -0.1) is 17.5 Å². The van der Waals surface area contributed by atoms with Gasteiger partial charge >= 0.3 is 0 Å². The summed E-state index contributed by atoms with van der Waals surface area (Å²) in [6.45, 7) is 6.57. The smallest absolute Gasteiger partial charge is 0.257 e. The van der Waals surface area contributed by atoms with E-state index < -0.39 is 0 Å². The number of carbonyl (C=O) groups excluding carboxylic acids is 1. The molecular weight excluding hydrogens is 630 g/mol. The molecule has 4 heterocycles. The van der Waals surface area contributed by atoms with E-state index in [1.807, 2.05) is 29.2 Å². The molecule has 2 aromatic heterocycles. The minimum atomic E-state index is -0.154. The van der Waals surface area contributed by atoms with Crippen LogP contribution in [0.4, 0.5) is 5.95 Å². The Morgan fingerprint density at radius 1 is 0.958 bits per heavy atom. The third-order valence-corrected chi connectivity index (χ3v) is 9.79. The second-order valence-electron chi connectivity index (χ2n) is 12.5. The Labute approximate surface area is 286 Å². The number of benzene rings is 3. The molecule has 1 unspecified atom stereocenters. The lowest BCUT2D eigenvalue weighted by molar-refractivity contribution is 0.0777. The summed E-state index contributed by atoms with van der Waals surface area (Å²) in [4.78, 5) is 25.9. The van der Waals surface area contributed by atoms with Gasteiger partial charge in [-0.3, -0.25) is 4.79 Å². The molecule has 5 aromatic rings. The summed E-state index contributed by atoms with van der Waals surface area (Å²) in [5, 5.41) is 21.3. The molecule has 252 valence electrons. The number of aromatic nitrogens is 6. The molecule has 0 bridgehead atoms. The summed E-state index contributed by atoms with van der Waals surface area (Å²) in [6.07, 6.45) is 4.39. The number of hydrogen-bond donors (Lipinski definition) is 1. The highest BCUT2D eigenvalue weighted by atomic mass is 35.5. The van der Waals surface area contributed by atoms with Crippen LogP contribution in [0.15, 0.2) is 79.1 Å². The summed E-state index contributed by atoms with van der Waals surface area (Å²) in [6, 6.07) is 24.3. The van der Waals surface area contributed by atoms with Crippen molar-refractivity contribution in [1.82, 2.24) is 39.6 Å². The fourth-order valence-corrected chi connectivity index (χ4v) is 7.27. The number of methoxy groups -OCH3 is 1. The molecule has 48 heavy (non-hydrogen) atoms. The maximum Gasteiger partial charge on any atom is 0.257 e. The molecule has 0 spiro atoms. The van der Waals surface area contributed by atoms with Gasteiger partial charge < -0.3 is 29.1 Å². The maximum atomic E-state index is 14.1. The fourth-order valence-electron chi connectivity index (χ4n) is 7.27. The number of anilines is 1. The number of aliphatic hydroxyl groups is 1. The highest BCUT2D eigenvalue weighted by Crippen LogP contribution is 2.39. The number of para-hydroxylation sites is 2. The van der Waals surface area contributed by atoms with Gasteiger partial charge in [-0.1, -0.05) is 42.5 Å². The molecule has 1 atom stereocenters. The van der Waals surface area contributed by atoms with Crippen LogP contribution >= 0.6 is 12.4 Å². The van der Waals surface area contributed by atoms with Gasteiger partial charge in [0.15, 0.2) is 0 Å². The lowest BCUT2D eigenvalue weighted by Crippen LogP contribution is -2.39. The highest BCUT2D eigenvalue weighted by molar-refractivity contribution is 5.98. The van der Waals surface area contributed by atoms with Crippen LogP contribution in [0, 0.1) is 0 Å². The Bertz CT molecular complexity index is 1820. The van der Waals surface area contributed by atoms with Gasteiger partial charge in [0, 0.05) is 44.7 Å². The largest absolute Gasteiger partial charge is 0.496 e. The van der Waals surface area contributed by atoms with Crippen molar-refractivity contribution in [3.05, 3.63) is 90.3 Å². The number of imidazole rings is 1. The molecule has 0 aliphatic carbocycles. The Hall–Kier alpha value is -4.52.